The van der Waals surface area contributed by atoms with Crippen LogP contribution in [0.1, 0.15) is 128 Å². The molecular formula is C82H73N4OPt-3. The molecule has 0 spiro atoms. The number of benzene rings is 10. The van der Waals surface area contributed by atoms with Gasteiger partial charge in [-0.1, -0.05) is 214 Å². The molecule has 1 aliphatic carbocycles. The molecule has 3 heterocycles. The fraction of sp³-hybridized carbons (Fsp3) is 0.195. The van der Waals surface area contributed by atoms with Gasteiger partial charge in [0.25, 0.3) is 0 Å². The Hall–Kier alpha value is -8.76. The molecule has 1 aliphatic heterocycles. The van der Waals surface area contributed by atoms with Gasteiger partial charge in [0.15, 0.2) is 0 Å². The Labute approximate surface area is 558 Å². The molecule has 6 heteroatoms. The number of pyridine rings is 1. The van der Waals surface area contributed by atoms with E-state index in [1.807, 2.05) is 85.8 Å². The quantitative estimate of drug-likeness (QED) is 0.128. The predicted octanol–water partition coefficient (Wildman–Crippen LogP) is 22.3. The number of hydrogen-bond donors (Lipinski definition) is 0. The Morgan fingerprint density at radius 1 is 0.511 bits per heavy atom. The fourth-order valence-corrected chi connectivity index (χ4v) is 12.3. The van der Waals surface area contributed by atoms with Crippen molar-refractivity contribution in [2.24, 2.45) is 0 Å². The van der Waals surface area contributed by atoms with Crippen LogP contribution in [0.2, 0.25) is 0 Å². The molecule has 0 saturated carbocycles. The molecular weight excluding hydrogens is 1250 g/mol. The van der Waals surface area contributed by atoms with Crippen LogP contribution in [0, 0.1) is 18.8 Å². The topological polar surface area (TPSA) is 33.5 Å². The number of rotatable bonds is 10. The van der Waals surface area contributed by atoms with E-state index >= 15 is 0 Å². The van der Waals surface area contributed by atoms with Crippen molar-refractivity contribution in [2.75, 3.05) is 9.80 Å². The van der Waals surface area contributed by atoms with Gasteiger partial charge in [0, 0.05) is 78.0 Å². The Balaban J connectivity index is 0.00000978. The Kier molecular flexibility index (Phi) is 10.6. The van der Waals surface area contributed by atoms with Crippen LogP contribution >= 0.6 is 0 Å². The van der Waals surface area contributed by atoms with Crippen molar-refractivity contribution in [3.05, 3.63) is 271 Å². The average Bonchev–Trinajstić information content (AvgIpc) is 1.71. The first-order valence-corrected chi connectivity index (χ1v) is 29.3. The third-order valence-electron chi connectivity index (χ3n) is 17.1. The second-order valence-corrected chi connectivity index (χ2v) is 25.9. The van der Waals surface area contributed by atoms with Gasteiger partial charge in [-0.15, -0.1) is 48.1 Å². The largest absolute Gasteiger partial charge is 0.509 e. The van der Waals surface area contributed by atoms with Crippen LogP contribution in [0.4, 0.5) is 22.7 Å². The van der Waals surface area contributed by atoms with E-state index in [0.717, 1.165) is 29.5 Å². The van der Waals surface area contributed by atoms with Crippen molar-refractivity contribution in [1.29, 1.82) is 0 Å². The number of fused-ring (bicyclic) bond motifs is 5. The molecule has 0 unspecified atom stereocenters. The molecule has 5 nitrogen and oxygen atoms in total. The van der Waals surface area contributed by atoms with E-state index in [1.54, 1.807) is 53.1 Å². The van der Waals surface area contributed by atoms with Crippen molar-refractivity contribution in [3.8, 4) is 73.0 Å². The first-order chi connectivity index (χ1) is 48.9. The summed E-state index contributed by atoms with van der Waals surface area (Å²) in [5.74, 6) is 0.605. The van der Waals surface area contributed by atoms with Crippen LogP contribution in [0.15, 0.2) is 230 Å². The number of aromatic nitrogens is 2. The Bertz CT molecular complexity index is 5610. The number of anilines is 4. The van der Waals surface area contributed by atoms with Gasteiger partial charge in [-0.2, -0.15) is 12.1 Å². The summed E-state index contributed by atoms with van der Waals surface area (Å²) in [6.45, 7) is 23.0. The van der Waals surface area contributed by atoms with Crippen molar-refractivity contribution >= 4 is 44.6 Å². The average molecular weight is 1340 g/mol. The van der Waals surface area contributed by atoms with Crippen LogP contribution in [0.5, 0.6) is 11.5 Å². The van der Waals surface area contributed by atoms with Crippen molar-refractivity contribution < 1.29 is 49.1 Å². The molecule has 0 radical (unpaired) electrons. The third kappa shape index (κ3) is 10.7. The van der Waals surface area contributed by atoms with E-state index in [-0.39, 0.29) is 129 Å². The van der Waals surface area contributed by atoms with Gasteiger partial charge >= 0.3 is 0 Å². The minimum absolute atomic E-state index is 0. The summed E-state index contributed by atoms with van der Waals surface area (Å²) in [4.78, 5) is 8.84. The van der Waals surface area contributed by atoms with E-state index in [9.17, 15) is 9.60 Å². The van der Waals surface area contributed by atoms with Crippen LogP contribution < -0.4 is 14.5 Å². The monoisotopic (exact) mass is 1340 g/mol. The maximum Gasteiger partial charge on any atom is 0.135 e. The second-order valence-electron chi connectivity index (χ2n) is 25.9. The van der Waals surface area contributed by atoms with Crippen molar-refractivity contribution in [1.82, 2.24) is 9.55 Å². The molecule has 0 fully saturated rings. The zero-order chi connectivity index (χ0) is 74.8. The van der Waals surface area contributed by atoms with E-state index in [2.05, 4.69) is 84.9 Å². The molecule has 0 amide bonds. The molecule has 88 heavy (non-hydrogen) atoms. The van der Waals surface area contributed by atoms with Gasteiger partial charge in [-0.3, -0.25) is 0 Å². The van der Waals surface area contributed by atoms with E-state index in [4.69, 9.17) is 23.4 Å². The van der Waals surface area contributed by atoms with E-state index < -0.39 is 83.3 Å². The normalized spacial score (nSPS) is 17.1. The zero-order valence-corrected chi connectivity index (χ0v) is 52.9. The molecule has 2 aromatic heterocycles. The predicted molar refractivity (Wildman–Crippen MR) is 364 cm³/mol. The summed E-state index contributed by atoms with van der Waals surface area (Å²) < 4.78 is 164. The van der Waals surface area contributed by atoms with Crippen LogP contribution in [-0.2, 0) is 42.7 Å². The maximum atomic E-state index is 10.5. The van der Waals surface area contributed by atoms with Crippen LogP contribution in [-0.4, -0.2) is 9.55 Å². The molecule has 0 saturated heterocycles. The van der Waals surface area contributed by atoms with Crippen LogP contribution in [0.25, 0.3) is 83.3 Å². The summed E-state index contributed by atoms with van der Waals surface area (Å²) in [5.41, 5.74) is 7.29. The number of ether oxygens (including phenoxy) is 1. The van der Waals surface area contributed by atoms with Gasteiger partial charge in [-0.25, -0.2) is 4.98 Å². The first-order valence-electron chi connectivity index (χ1n) is 37.8. The summed E-state index contributed by atoms with van der Waals surface area (Å²) in [6.07, 6.45) is 3.35. The van der Waals surface area contributed by atoms with Crippen molar-refractivity contribution in [2.45, 2.75) is 104 Å². The van der Waals surface area contributed by atoms with Gasteiger partial charge in [-0.05, 0) is 156 Å². The van der Waals surface area contributed by atoms with Crippen LogP contribution in [0.3, 0.4) is 0 Å². The smallest absolute Gasteiger partial charge is 0.135 e. The van der Waals surface area contributed by atoms with Gasteiger partial charge in [0.1, 0.15) is 5.82 Å². The summed E-state index contributed by atoms with van der Waals surface area (Å²) in [6, 6.07) is 36.9. The minimum atomic E-state index is -0.738. The first kappa shape index (κ1) is 41.4. The van der Waals surface area contributed by atoms with Gasteiger partial charge in [0.05, 0.1) is 23.3 Å². The molecule has 14 rings (SSSR count). The Morgan fingerprint density at radius 2 is 1.12 bits per heavy atom. The standard InChI is InChI=1S/C82H73N4O.Pt/c1-79(2,3)61-47-67(57-37-40-70-72(46-57)82(9,10)42-41-81(70,7)8)78(68(48-61)60-44-58(54-25-14-11-15-26-54)43-59(45-60)55-27-16-12-17-28-55)85-53-84(74-35-22-23-36-75(74)85)62-31-24-32-63(49-62)87-64-38-39-66-65-33-20-21-34-73(65)86(76(66)50-64)77-51-71(80(4,5)6)69(52-83-77)56-29-18-13-19-30-56;/h11-40,43-48,51-53H,41-42H2,1-10H3;/q-3;/i11D,13D,14D,15D,18D,19D,20D,21D,25D,26D,29D,30D,33D,34D,43D,44D,45D;. The molecule has 0 N–H and O–H groups in total. The summed E-state index contributed by atoms with van der Waals surface area (Å²) in [7, 11) is 0. The molecule has 440 valence electrons. The maximum absolute atomic E-state index is 10.5. The molecule has 12 aromatic rings. The SMILES string of the molecule is [2H]c1c([2H])c([2H])c(-c2cnc(-n3c4[c-]c(Oc5[c-]c(N6[CH-]N(c7c(-c8ccc9c(c8)C(C)(C)CCC9(C)C)cc(C(C)(C)C)cc7-c7c([2H])c(-c8ccccc8)c([2H])c(-c8c([2H])c([2H])c([2H])c([2H])c8[2H])c7[2H])c7ccccc76)ccc5)ccc4c4c([2H])c([2H])c([2H])c([2H])c43)cc2C(C)(C)C)c([2H])c1[2H].[Pt]. The molecule has 2 aliphatic rings. The molecule has 10 aromatic carbocycles. The zero-order valence-electron chi connectivity index (χ0n) is 67.6. The van der Waals surface area contributed by atoms with E-state index in [0.29, 0.717) is 44.8 Å². The number of nitrogens with zero attached hydrogens (tertiary/aromatic N) is 4. The van der Waals surface area contributed by atoms with E-state index in [1.165, 1.54) is 17.3 Å². The van der Waals surface area contributed by atoms with Gasteiger partial charge in [0.2, 0.25) is 0 Å². The third-order valence-corrected chi connectivity index (χ3v) is 17.1. The molecule has 0 atom stereocenters. The summed E-state index contributed by atoms with van der Waals surface area (Å²) in [5, 5.41) is 0.596. The second kappa shape index (κ2) is 22.4. The number of para-hydroxylation sites is 3. The summed E-state index contributed by atoms with van der Waals surface area (Å²) >= 11 is 0. The van der Waals surface area contributed by atoms with Gasteiger partial charge < -0.3 is 19.1 Å². The fourth-order valence-electron chi connectivity index (χ4n) is 12.3. The van der Waals surface area contributed by atoms with Crippen molar-refractivity contribution in [3.63, 3.8) is 0 Å². The number of hydrogen-bond acceptors (Lipinski definition) is 4. The minimum Gasteiger partial charge on any atom is -0.509 e. The Morgan fingerprint density at radius 3 is 1.83 bits per heavy atom. The molecule has 0 bridgehead atoms.